The summed E-state index contributed by atoms with van der Waals surface area (Å²) in [6.07, 6.45) is 0.852. The van der Waals surface area contributed by atoms with Crippen molar-refractivity contribution in [3.8, 4) is 11.5 Å². The van der Waals surface area contributed by atoms with Gasteiger partial charge in [-0.15, -0.1) is 0 Å². The Bertz CT molecular complexity index is 1370. The highest BCUT2D eigenvalue weighted by Crippen LogP contribution is 2.18. The molecule has 7 nitrogen and oxygen atoms in total. The summed E-state index contributed by atoms with van der Waals surface area (Å²) in [5.74, 6) is -0.636. The molecule has 0 amide bonds. The fraction of sp³-hybridized carbons (Fsp3) is 0.188. The average Bonchev–Trinajstić information content (AvgIpc) is 2.92. The predicted molar refractivity (Wildman–Crippen MR) is 146 cm³/mol. The van der Waals surface area contributed by atoms with Crippen LogP contribution >= 0.6 is 0 Å². The number of hydrogen-bond donors (Lipinski definition) is 0. The van der Waals surface area contributed by atoms with Gasteiger partial charge in [0.05, 0.1) is 5.56 Å². The van der Waals surface area contributed by atoms with E-state index in [0.717, 1.165) is 16.7 Å². The lowest BCUT2D eigenvalue weighted by molar-refractivity contribution is -0.140. The van der Waals surface area contributed by atoms with Gasteiger partial charge in [0.2, 0.25) is 0 Å². The fourth-order valence-corrected chi connectivity index (χ4v) is 3.34. The number of carbonyl (C=O) groups excluding carboxylic acids is 4. The van der Waals surface area contributed by atoms with Crippen LogP contribution in [0.15, 0.2) is 97.1 Å². The van der Waals surface area contributed by atoms with Crippen LogP contribution in [0, 0.1) is 0 Å². The Labute approximate surface area is 227 Å². The first-order valence-corrected chi connectivity index (χ1v) is 12.3. The quantitative estimate of drug-likeness (QED) is 0.168. The van der Waals surface area contributed by atoms with Gasteiger partial charge in [0.1, 0.15) is 18.1 Å². The van der Waals surface area contributed by atoms with Crippen molar-refractivity contribution in [1.82, 2.24) is 0 Å². The summed E-state index contributed by atoms with van der Waals surface area (Å²) >= 11 is 0. The molecule has 39 heavy (non-hydrogen) atoms. The largest absolute Gasteiger partial charge is 0.457 e. The van der Waals surface area contributed by atoms with Gasteiger partial charge in [0, 0.05) is 18.4 Å². The average molecular weight is 527 g/mol. The van der Waals surface area contributed by atoms with Crippen LogP contribution in [0.1, 0.15) is 47.3 Å². The van der Waals surface area contributed by atoms with Crippen LogP contribution in [0.25, 0.3) is 0 Å². The van der Waals surface area contributed by atoms with Crippen LogP contribution < -0.4 is 9.47 Å². The lowest BCUT2D eigenvalue weighted by Gasteiger charge is -2.08. The summed E-state index contributed by atoms with van der Waals surface area (Å²) in [6.45, 7) is 10.5. The molecule has 0 heterocycles. The topological polar surface area (TPSA) is 96.0 Å². The van der Waals surface area contributed by atoms with Crippen molar-refractivity contribution < 1.29 is 33.4 Å². The molecule has 3 aromatic carbocycles. The van der Waals surface area contributed by atoms with Crippen LogP contribution in [0.3, 0.4) is 0 Å². The maximum absolute atomic E-state index is 12.5. The lowest BCUT2D eigenvalue weighted by Crippen LogP contribution is -2.10. The van der Waals surface area contributed by atoms with Crippen LogP contribution in [0.5, 0.6) is 11.5 Å². The number of benzene rings is 3. The summed E-state index contributed by atoms with van der Waals surface area (Å²) < 4.78 is 15.9. The van der Waals surface area contributed by atoms with E-state index < -0.39 is 11.9 Å². The van der Waals surface area contributed by atoms with Gasteiger partial charge in [-0.1, -0.05) is 49.6 Å². The van der Waals surface area contributed by atoms with Crippen molar-refractivity contribution in [3.05, 3.63) is 119 Å². The molecule has 0 aliphatic carbocycles. The number of rotatable bonds is 12. The second kappa shape index (κ2) is 13.7. The van der Waals surface area contributed by atoms with E-state index in [4.69, 9.17) is 14.2 Å². The molecular formula is C32H30O7. The minimum absolute atomic E-state index is 0.0481. The second-order valence-electron chi connectivity index (χ2n) is 9.09. The third kappa shape index (κ3) is 9.23. The van der Waals surface area contributed by atoms with E-state index in [1.54, 1.807) is 86.6 Å². The number of ether oxygens (including phenoxy) is 3. The first-order chi connectivity index (χ1) is 18.6. The van der Waals surface area contributed by atoms with E-state index >= 15 is 0 Å². The molecule has 3 aromatic rings. The smallest absolute Gasteiger partial charge is 0.343 e. The van der Waals surface area contributed by atoms with Gasteiger partial charge in [-0.05, 0) is 78.9 Å². The van der Waals surface area contributed by atoms with Crippen LogP contribution in [0.2, 0.25) is 0 Å². The highest BCUT2D eigenvalue weighted by atomic mass is 16.5. The Morgan fingerprint density at radius 2 is 1.21 bits per heavy atom. The molecule has 200 valence electrons. The summed E-state index contributed by atoms with van der Waals surface area (Å²) in [6, 6.07) is 20.3. The number of carbonyl (C=O) groups is 4. The standard InChI is InChI=1S/C32H30O7/c1-21(2)29(33)19-24-5-12-26(13-6-24)32(36)39-28-14-7-23(8-15-28)11-18-30(34)38-27-16-9-25(10-17-27)20-37-31(35)22(3)4/h5-10,12-17H,1,3,11,18-20H2,2,4H3. The second-order valence-corrected chi connectivity index (χ2v) is 9.09. The Morgan fingerprint density at radius 3 is 1.77 bits per heavy atom. The number of hydrogen-bond acceptors (Lipinski definition) is 7. The van der Waals surface area contributed by atoms with Gasteiger partial charge in [-0.2, -0.15) is 0 Å². The molecule has 0 radical (unpaired) electrons. The van der Waals surface area contributed by atoms with E-state index in [-0.39, 0.29) is 31.2 Å². The SMILES string of the molecule is C=C(C)C(=O)Cc1ccc(C(=O)Oc2ccc(CCC(=O)Oc3ccc(COC(=O)C(=C)C)cc3)cc2)cc1. The van der Waals surface area contributed by atoms with E-state index in [1.807, 2.05) is 0 Å². The normalized spacial score (nSPS) is 10.3. The van der Waals surface area contributed by atoms with Gasteiger partial charge in [0.25, 0.3) is 0 Å². The maximum atomic E-state index is 12.5. The molecule has 0 unspecified atom stereocenters. The molecular weight excluding hydrogens is 496 g/mol. The number of ketones is 1. The fourth-order valence-electron chi connectivity index (χ4n) is 3.34. The third-order valence-electron chi connectivity index (χ3n) is 5.66. The van der Waals surface area contributed by atoms with E-state index in [2.05, 4.69) is 13.2 Å². The van der Waals surface area contributed by atoms with Gasteiger partial charge >= 0.3 is 17.9 Å². The summed E-state index contributed by atoms with van der Waals surface area (Å²) in [4.78, 5) is 48.0. The van der Waals surface area contributed by atoms with E-state index in [9.17, 15) is 19.2 Å². The van der Waals surface area contributed by atoms with E-state index in [1.165, 1.54) is 0 Å². The number of allylic oxidation sites excluding steroid dienone is 1. The Balaban J connectivity index is 1.44. The molecule has 0 saturated heterocycles. The third-order valence-corrected chi connectivity index (χ3v) is 5.66. The van der Waals surface area contributed by atoms with Gasteiger partial charge in [-0.3, -0.25) is 9.59 Å². The predicted octanol–water partition coefficient (Wildman–Crippen LogP) is 5.75. The highest BCUT2D eigenvalue weighted by molar-refractivity contribution is 5.96. The zero-order chi connectivity index (χ0) is 28.4. The Hall–Kier alpha value is -4.78. The first-order valence-electron chi connectivity index (χ1n) is 12.3. The Morgan fingerprint density at radius 1 is 0.667 bits per heavy atom. The first kappa shape index (κ1) is 28.8. The van der Waals surface area contributed by atoms with Gasteiger partial charge < -0.3 is 14.2 Å². The number of esters is 3. The van der Waals surface area contributed by atoms with Crippen molar-refractivity contribution in [3.63, 3.8) is 0 Å². The minimum Gasteiger partial charge on any atom is -0.457 e. The van der Waals surface area contributed by atoms with Crippen LogP contribution in [-0.2, 0) is 38.6 Å². The molecule has 0 spiro atoms. The van der Waals surface area contributed by atoms with Crippen molar-refractivity contribution in [2.24, 2.45) is 0 Å². The molecule has 0 saturated carbocycles. The van der Waals surface area contributed by atoms with E-state index in [0.29, 0.717) is 34.6 Å². The number of Topliss-reactive ketones (excluding diaryl/α,β-unsaturated/α-hetero) is 1. The molecule has 0 N–H and O–H groups in total. The molecule has 0 bridgehead atoms. The summed E-state index contributed by atoms with van der Waals surface area (Å²) in [5, 5.41) is 0. The lowest BCUT2D eigenvalue weighted by atomic mass is 10.0. The summed E-state index contributed by atoms with van der Waals surface area (Å²) in [7, 11) is 0. The molecule has 0 fully saturated rings. The van der Waals surface area contributed by atoms with Crippen molar-refractivity contribution in [1.29, 1.82) is 0 Å². The molecule has 3 rings (SSSR count). The maximum Gasteiger partial charge on any atom is 0.343 e. The Kier molecular flexibility index (Phi) is 10.1. The van der Waals surface area contributed by atoms with Gasteiger partial charge in [0.15, 0.2) is 5.78 Å². The molecule has 7 heteroatoms. The van der Waals surface area contributed by atoms with Gasteiger partial charge in [-0.25, -0.2) is 9.59 Å². The number of aryl methyl sites for hydroxylation is 1. The molecule has 0 aromatic heterocycles. The van der Waals surface area contributed by atoms with Crippen molar-refractivity contribution in [2.45, 2.75) is 39.7 Å². The van der Waals surface area contributed by atoms with Crippen LogP contribution in [-0.4, -0.2) is 23.7 Å². The minimum atomic E-state index is -0.510. The molecule has 0 aliphatic heterocycles. The van der Waals surface area contributed by atoms with Crippen molar-refractivity contribution in [2.75, 3.05) is 0 Å². The zero-order valence-electron chi connectivity index (χ0n) is 22.0. The monoisotopic (exact) mass is 526 g/mol. The molecule has 0 atom stereocenters. The van der Waals surface area contributed by atoms with Crippen molar-refractivity contribution >= 4 is 23.7 Å². The molecule has 0 aliphatic rings. The highest BCUT2D eigenvalue weighted by Gasteiger charge is 2.11. The van der Waals surface area contributed by atoms with Crippen LogP contribution in [0.4, 0.5) is 0 Å². The zero-order valence-corrected chi connectivity index (χ0v) is 22.0. The summed E-state index contributed by atoms with van der Waals surface area (Å²) in [5.41, 5.74) is 3.62.